The molecular weight excluding hydrogens is 488 g/mol. The van der Waals surface area contributed by atoms with Crippen LogP contribution < -0.4 is 5.32 Å². The SMILES string of the molecule is O=C(N[C@H](C(=O)N1C[C@H](Cl)[C@H]2OCC(=O)C21)C1CCCC1)c1ncc(-c2ccc(C3CC3)nc2)s1. The fourth-order valence-electron chi connectivity index (χ4n) is 5.56. The number of likely N-dealkylation sites (tertiary alicyclic amines) is 1. The highest BCUT2D eigenvalue weighted by molar-refractivity contribution is 7.17. The molecule has 4 aliphatic rings. The Kier molecular flexibility index (Phi) is 6.10. The van der Waals surface area contributed by atoms with Crippen molar-refractivity contribution in [3.63, 3.8) is 0 Å². The van der Waals surface area contributed by atoms with Gasteiger partial charge in [0.05, 0.1) is 10.3 Å². The molecule has 4 atom stereocenters. The van der Waals surface area contributed by atoms with Crippen molar-refractivity contribution >= 4 is 40.5 Å². The number of pyridine rings is 1. The molecule has 0 spiro atoms. The number of ether oxygens (including phenoxy) is 1. The Labute approximate surface area is 212 Å². The molecule has 2 aliphatic heterocycles. The van der Waals surface area contributed by atoms with Crippen LogP contribution in [0.5, 0.6) is 0 Å². The minimum Gasteiger partial charge on any atom is -0.366 e. The molecule has 0 radical (unpaired) electrons. The first-order valence-corrected chi connectivity index (χ1v) is 13.6. The smallest absolute Gasteiger partial charge is 0.280 e. The molecule has 184 valence electrons. The minimum atomic E-state index is -0.715. The van der Waals surface area contributed by atoms with Gasteiger partial charge in [-0.3, -0.25) is 19.4 Å². The fourth-order valence-corrected chi connectivity index (χ4v) is 6.73. The largest absolute Gasteiger partial charge is 0.366 e. The summed E-state index contributed by atoms with van der Waals surface area (Å²) in [5, 5.41) is 2.83. The van der Waals surface area contributed by atoms with Crippen LogP contribution in [0.25, 0.3) is 10.4 Å². The number of aromatic nitrogens is 2. The Morgan fingerprint density at radius 1 is 1.14 bits per heavy atom. The number of Topliss-reactive ketones (excluding diaryl/α,β-unsaturated/α-hetero) is 1. The van der Waals surface area contributed by atoms with Crippen molar-refractivity contribution in [2.45, 2.75) is 68.0 Å². The Morgan fingerprint density at radius 2 is 1.94 bits per heavy atom. The molecule has 8 nitrogen and oxygen atoms in total. The third kappa shape index (κ3) is 4.38. The van der Waals surface area contributed by atoms with Gasteiger partial charge in [-0.15, -0.1) is 22.9 Å². The van der Waals surface area contributed by atoms with Crippen molar-refractivity contribution in [2.75, 3.05) is 13.2 Å². The van der Waals surface area contributed by atoms with Crippen LogP contribution in [0, 0.1) is 5.92 Å². The molecule has 0 aromatic carbocycles. The summed E-state index contributed by atoms with van der Waals surface area (Å²) in [6, 6.07) is 2.69. The zero-order valence-electron chi connectivity index (χ0n) is 19.2. The molecule has 2 aromatic rings. The van der Waals surface area contributed by atoms with E-state index in [4.69, 9.17) is 16.3 Å². The monoisotopic (exact) mass is 514 g/mol. The van der Waals surface area contributed by atoms with E-state index in [-0.39, 0.29) is 36.7 Å². The van der Waals surface area contributed by atoms with Crippen LogP contribution in [0.15, 0.2) is 24.5 Å². The first-order valence-electron chi connectivity index (χ1n) is 12.3. The topological polar surface area (TPSA) is 101 Å². The average molecular weight is 515 g/mol. The van der Waals surface area contributed by atoms with Gasteiger partial charge in [0.2, 0.25) is 5.91 Å². The third-order valence-electron chi connectivity index (χ3n) is 7.60. The fraction of sp³-hybridized carbons (Fsp3) is 0.560. The molecule has 2 amide bonds. The van der Waals surface area contributed by atoms with Crippen molar-refractivity contribution in [1.82, 2.24) is 20.2 Å². The summed E-state index contributed by atoms with van der Waals surface area (Å²) in [5.74, 6) is -0.146. The second kappa shape index (κ2) is 9.26. The average Bonchev–Trinajstić information content (AvgIpc) is 3.25. The van der Waals surface area contributed by atoms with E-state index in [1.807, 2.05) is 18.3 Å². The lowest BCUT2D eigenvalue weighted by molar-refractivity contribution is -0.139. The first-order chi connectivity index (χ1) is 17.0. The lowest BCUT2D eigenvalue weighted by Crippen LogP contribution is -2.54. The Morgan fingerprint density at radius 3 is 2.66 bits per heavy atom. The summed E-state index contributed by atoms with van der Waals surface area (Å²) < 4.78 is 5.53. The van der Waals surface area contributed by atoms with Gasteiger partial charge in [-0.2, -0.15) is 0 Å². The van der Waals surface area contributed by atoms with Crippen molar-refractivity contribution in [3.8, 4) is 10.4 Å². The number of fused-ring (bicyclic) bond motifs is 1. The Hall–Kier alpha value is -2.36. The van der Waals surface area contributed by atoms with Gasteiger partial charge in [0, 0.05) is 36.1 Å². The number of hydrogen-bond donors (Lipinski definition) is 1. The molecular formula is C25H27ClN4O4S. The minimum absolute atomic E-state index is 0.0234. The normalized spacial score (nSPS) is 27.3. The summed E-state index contributed by atoms with van der Waals surface area (Å²) in [6.07, 6.45) is 9.18. The van der Waals surface area contributed by atoms with E-state index in [1.54, 1.807) is 6.20 Å². The summed E-state index contributed by atoms with van der Waals surface area (Å²) in [4.78, 5) is 50.6. The summed E-state index contributed by atoms with van der Waals surface area (Å²) in [6.45, 7) is 0.215. The Balaban J connectivity index is 1.19. The van der Waals surface area contributed by atoms with Gasteiger partial charge < -0.3 is 15.0 Å². The second-order valence-electron chi connectivity index (χ2n) is 9.96. The van der Waals surface area contributed by atoms with E-state index >= 15 is 0 Å². The van der Waals surface area contributed by atoms with Gasteiger partial charge in [-0.05, 0) is 37.7 Å². The van der Waals surface area contributed by atoms with E-state index in [0.717, 1.165) is 41.8 Å². The third-order valence-corrected chi connectivity index (χ3v) is 9.03. The molecule has 1 unspecified atom stereocenters. The van der Waals surface area contributed by atoms with Gasteiger partial charge in [0.1, 0.15) is 24.8 Å². The van der Waals surface area contributed by atoms with Crippen LogP contribution in [-0.4, -0.2) is 69.2 Å². The number of carbonyl (C=O) groups excluding carboxylic acids is 3. The van der Waals surface area contributed by atoms with E-state index in [0.29, 0.717) is 10.9 Å². The molecule has 4 fully saturated rings. The van der Waals surface area contributed by atoms with Gasteiger partial charge >= 0.3 is 0 Å². The van der Waals surface area contributed by atoms with E-state index in [9.17, 15) is 14.4 Å². The Bertz CT molecular complexity index is 1140. The number of hydrogen-bond acceptors (Lipinski definition) is 7. The summed E-state index contributed by atoms with van der Waals surface area (Å²) in [7, 11) is 0. The molecule has 2 aliphatic carbocycles. The molecule has 2 saturated carbocycles. The van der Waals surface area contributed by atoms with Crippen LogP contribution in [0.4, 0.5) is 0 Å². The molecule has 1 N–H and O–H groups in total. The first kappa shape index (κ1) is 23.1. The molecule has 6 rings (SSSR count). The molecule has 10 heteroatoms. The van der Waals surface area contributed by atoms with Crippen molar-refractivity contribution in [1.29, 1.82) is 0 Å². The molecule has 4 heterocycles. The summed E-state index contributed by atoms with van der Waals surface area (Å²) >= 11 is 7.69. The van der Waals surface area contributed by atoms with Crippen LogP contribution >= 0.6 is 22.9 Å². The zero-order valence-corrected chi connectivity index (χ0v) is 20.8. The predicted molar refractivity (Wildman–Crippen MR) is 130 cm³/mol. The summed E-state index contributed by atoms with van der Waals surface area (Å²) in [5.41, 5.74) is 2.04. The lowest BCUT2D eigenvalue weighted by Gasteiger charge is -2.30. The number of carbonyl (C=O) groups is 3. The molecule has 0 bridgehead atoms. The number of amides is 2. The van der Waals surface area contributed by atoms with Gasteiger partial charge in [-0.1, -0.05) is 18.9 Å². The maximum absolute atomic E-state index is 13.7. The van der Waals surface area contributed by atoms with Gasteiger partial charge in [-0.25, -0.2) is 4.98 Å². The molecule has 2 aromatic heterocycles. The van der Waals surface area contributed by atoms with Crippen LogP contribution in [0.1, 0.15) is 59.9 Å². The van der Waals surface area contributed by atoms with Gasteiger partial charge in [0.25, 0.3) is 5.91 Å². The highest BCUT2D eigenvalue weighted by Crippen LogP contribution is 2.39. The number of thiazole rings is 1. The maximum Gasteiger partial charge on any atom is 0.280 e. The highest BCUT2D eigenvalue weighted by atomic mass is 35.5. The van der Waals surface area contributed by atoms with Crippen molar-refractivity contribution in [3.05, 3.63) is 35.2 Å². The number of halogens is 1. The van der Waals surface area contributed by atoms with E-state index < -0.39 is 23.6 Å². The number of alkyl halides is 1. The van der Waals surface area contributed by atoms with Crippen LogP contribution in [0.2, 0.25) is 0 Å². The number of nitrogens with one attached hydrogen (secondary N) is 1. The molecule has 35 heavy (non-hydrogen) atoms. The lowest BCUT2D eigenvalue weighted by atomic mass is 9.96. The van der Waals surface area contributed by atoms with Crippen LogP contribution in [0.3, 0.4) is 0 Å². The van der Waals surface area contributed by atoms with Gasteiger partial charge in [0.15, 0.2) is 10.8 Å². The van der Waals surface area contributed by atoms with Crippen LogP contribution in [-0.2, 0) is 14.3 Å². The van der Waals surface area contributed by atoms with E-state index in [1.165, 1.54) is 29.1 Å². The van der Waals surface area contributed by atoms with Crippen molar-refractivity contribution in [2.24, 2.45) is 5.92 Å². The molecule has 2 saturated heterocycles. The number of rotatable bonds is 6. The standard InChI is InChI=1S/C25H27ClN4O4S/c26-16-11-30(21-18(31)12-34-22(16)21)25(33)20(14-3-1-2-4-14)29-23(32)24-28-10-19(35-24)15-7-8-17(27-9-15)13-5-6-13/h7-10,13-14,16,20-22H,1-6,11-12H2,(H,29,32)/t16-,20-,21?,22+/m0/s1. The maximum atomic E-state index is 13.7. The zero-order chi connectivity index (χ0) is 24.1. The number of ketones is 1. The number of nitrogens with zero attached hydrogens (tertiary/aromatic N) is 3. The quantitative estimate of drug-likeness (QED) is 0.594. The highest BCUT2D eigenvalue weighted by Gasteiger charge is 2.53. The second-order valence-corrected chi connectivity index (χ2v) is 11.6. The predicted octanol–water partition coefficient (Wildman–Crippen LogP) is 3.16. The van der Waals surface area contributed by atoms with E-state index in [2.05, 4.69) is 15.3 Å². The van der Waals surface area contributed by atoms with Crippen molar-refractivity contribution < 1.29 is 19.1 Å².